The topological polar surface area (TPSA) is 52.7 Å². The second-order valence-electron chi connectivity index (χ2n) is 9.02. The van der Waals surface area contributed by atoms with Crippen molar-refractivity contribution in [1.82, 2.24) is 10.2 Å². The summed E-state index contributed by atoms with van der Waals surface area (Å²) < 4.78 is 0. The normalized spacial score (nSPS) is 14.6. The van der Waals surface area contributed by atoms with E-state index in [0.29, 0.717) is 18.6 Å². The summed E-state index contributed by atoms with van der Waals surface area (Å²) in [6.07, 6.45) is 6.03. The van der Waals surface area contributed by atoms with Crippen molar-refractivity contribution in [3.63, 3.8) is 0 Å². The van der Waals surface area contributed by atoms with Crippen molar-refractivity contribution in [2.24, 2.45) is 0 Å². The molecule has 1 aliphatic heterocycles. The summed E-state index contributed by atoms with van der Waals surface area (Å²) in [4.78, 5) is 28.7. The van der Waals surface area contributed by atoms with Crippen LogP contribution in [0.1, 0.15) is 50.2 Å². The monoisotopic (exact) mass is 481 g/mol. The molecule has 0 unspecified atom stereocenters. The van der Waals surface area contributed by atoms with Gasteiger partial charge in [0, 0.05) is 50.7 Å². The molecule has 184 valence electrons. The van der Waals surface area contributed by atoms with E-state index in [9.17, 15) is 9.59 Å². The predicted molar refractivity (Wildman–Crippen MR) is 144 cm³/mol. The number of likely N-dealkylation sites (tertiary alicyclic amines) is 1. The third-order valence-corrected chi connectivity index (χ3v) is 6.79. The maximum Gasteiger partial charge on any atom is 0.226 e. The van der Waals surface area contributed by atoms with Gasteiger partial charge in [0.05, 0.1) is 0 Å². The Morgan fingerprint density at radius 2 is 1.65 bits per heavy atom. The number of benzene rings is 2. The van der Waals surface area contributed by atoms with Crippen LogP contribution in [0.15, 0.2) is 54.6 Å². The first kappa shape index (κ1) is 26.3. The summed E-state index contributed by atoms with van der Waals surface area (Å²) in [6.45, 7) is 5.78. The minimum atomic E-state index is 0.0825. The minimum Gasteiger partial charge on any atom is -0.356 e. The van der Waals surface area contributed by atoms with Crippen LogP contribution in [-0.2, 0) is 22.4 Å². The summed E-state index contributed by atoms with van der Waals surface area (Å²) in [6, 6.07) is 19.3. The van der Waals surface area contributed by atoms with Gasteiger partial charge in [0.2, 0.25) is 11.8 Å². The second-order valence-corrected chi connectivity index (χ2v) is 9.47. The number of carbonyl (C=O) groups excluding carboxylic acids is 2. The molecule has 1 fully saturated rings. The zero-order valence-corrected chi connectivity index (χ0v) is 21.3. The number of hydrogen-bond donors (Lipinski definition) is 2. The smallest absolute Gasteiger partial charge is 0.226 e. The standard InChI is InChI=1S/C28H39N3O2S/c1-2-28(33)31(25-8-4-3-5-9-25)26-15-20-30(21-16-26)19-14-24-12-10-23(11-13-24)7-6-18-29-27(32)17-22-34/h3-5,8-13,26,34H,2,6-7,14-22H2,1H3,(H,29,32). The van der Waals surface area contributed by atoms with Crippen molar-refractivity contribution < 1.29 is 9.59 Å². The number of carbonyl (C=O) groups is 2. The summed E-state index contributed by atoms with van der Waals surface area (Å²) in [5.41, 5.74) is 3.70. The number of nitrogens with one attached hydrogen (secondary N) is 1. The third kappa shape index (κ3) is 8.17. The lowest BCUT2D eigenvalue weighted by Crippen LogP contribution is -2.47. The van der Waals surface area contributed by atoms with Crippen LogP contribution in [0, 0.1) is 0 Å². The van der Waals surface area contributed by atoms with Gasteiger partial charge in [-0.1, -0.05) is 49.4 Å². The molecule has 34 heavy (non-hydrogen) atoms. The van der Waals surface area contributed by atoms with E-state index >= 15 is 0 Å². The summed E-state index contributed by atoms with van der Waals surface area (Å²) in [5.74, 6) is 0.888. The van der Waals surface area contributed by atoms with E-state index in [-0.39, 0.29) is 17.9 Å². The van der Waals surface area contributed by atoms with Crippen molar-refractivity contribution in [3.8, 4) is 0 Å². The van der Waals surface area contributed by atoms with Crippen molar-refractivity contribution in [2.45, 2.75) is 57.9 Å². The van der Waals surface area contributed by atoms with Crippen LogP contribution in [0.3, 0.4) is 0 Å². The number of anilines is 1. The molecule has 0 aromatic heterocycles. The molecule has 6 heteroatoms. The Morgan fingerprint density at radius 1 is 1.00 bits per heavy atom. The molecule has 2 amide bonds. The highest BCUT2D eigenvalue weighted by molar-refractivity contribution is 7.80. The first-order valence-electron chi connectivity index (χ1n) is 12.7. The van der Waals surface area contributed by atoms with E-state index in [1.54, 1.807) is 0 Å². The Kier molecular flexibility index (Phi) is 11.0. The zero-order valence-electron chi connectivity index (χ0n) is 20.4. The molecule has 0 aliphatic carbocycles. The number of aryl methyl sites for hydroxylation is 1. The number of para-hydroxylation sites is 1. The molecule has 1 heterocycles. The average Bonchev–Trinajstić information content (AvgIpc) is 2.87. The molecule has 1 N–H and O–H groups in total. The van der Waals surface area contributed by atoms with E-state index in [4.69, 9.17) is 0 Å². The Balaban J connectivity index is 1.40. The molecule has 3 rings (SSSR count). The summed E-state index contributed by atoms with van der Waals surface area (Å²) in [7, 11) is 0. The lowest BCUT2D eigenvalue weighted by molar-refractivity contribution is -0.121. The number of hydrogen-bond acceptors (Lipinski definition) is 4. The van der Waals surface area contributed by atoms with Crippen LogP contribution in [0.4, 0.5) is 5.69 Å². The first-order valence-corrected chi connectivity index (χ1v) is 13.3. The van der Waals surface area contributed by atoms with Crippen LogP contribution in [0.5, 0.6) is 0 Å². The highest BCUT2D eigenvalue weighted by atomic mass is 32.1. The van der Waals surface area contributed by atoms with Gasteiger partial charge in [0.25, 0.3) is 0 Å². The molecule has 1 aliphatic rings. The largest absolute Gasteiger partial charge is 0.356 e. The van der Waals surface area contributed by atoms with E-state index in [1.165, 1.54) is 11.1 Å². The summed E-state index contributed by atoms with van der Waals surface area (Å²) >= 11 is 4.08. The van der Waals surface area contributed by atoms with E-state index in [2.05, 4.69) is 47.1 Å². The van der Waals surface area contributed by atoms with Crippen LogP contribution in [0.25, 0.3) is 0 Å². The maximum absolute atomic E-state index is 12.7. The number of nitrogens with zero attached hydrogens (tertiary/aromatic N) is 2. The number of piperidine rings is 1. The average molecular weight is 482 g/mol. The van der Waals surface area contributed by atoms with Gasteiger partial charge in [-0.05, 0) is 61.1 Å². The van der Waals surface area contributed by atoms with Crippen LogP contribution < -0.4 is 10.2 Å². The molecule has 5 nitrogen and oxygen atoms in total. The Morgan fingerprint density at radius 3 is 2.26 bits per heavy atom. The predicted octanol–water partition coefficient (Wildman–Crippen LogP) is 4.51. The van der Waals surface area contributed by atoms with Crippen LogP contribution in [-0.4, -0.2) is 54.7 Å². The van der Waals surface area contributed by atoms with Gasteiger partial charge in [0.15, 0.2) is 0 Å². The van der Waals surface area contributed by atoms with Crippen molar-refractivity contribution in [1.29, 1.82) is 0 Å². The highest BCUT2D eigenvalue weighted by Gasteiger charge is 2.28. The fourth-order valence-electron chi connectivity index (χ4n) is 4.59. The second kappa shape index (κ2) is 14.2. The molecule has 0 radical (unpaired) electrons. The van der Waals surface area contributed by atoms with Gasteiger partial charge in [-0.2, -0.15) is 12.6 Å². The minimum absolute atomic E-state index is 0.0825. The lowest BCUT2D eigenvalue weighted by atomic mass is 10.0. The van der Waals surface area contributed by atoms with E-state index in [0.717, 1.165) is 64.0 Å². The fraction of sp³-hybridized carbons (Fsp3) is 0.500. The van der Waals surface area contributed by atoms with Crippen LogP contribution in [0.2, 0.25) is 0 Å². The first-order chi connectivity index (χ1) is 16.6. The molecular weight excluding hydrogens is 442 g/mol. The molecule has 2 aromatic carbocycles. The molecule has 0 atom stereocenters. The van der Waals surface area contributed by atoms with Crippen molar-refractivity contribution in [2.75, 3.05) is 36.8 Å². The van der Waals surface area contributed by atoms with Gasteiger partial charge in [-0.3, -0.25) is 9.59 Å². The zero-order chi connectivity index (χ0) is 24.2. The molecule has 0 saturated carbocycles. The number of thiol groups is 1. The fourth-order valence-corrected chi connectivity index (χ4v) is 4.79. The van der Waals surface area contributed by atoms with Gasteiger partial charge in [-0.25, -0.2) is 0 Å². The van der Waals surface area contributed by atoms with Gasteiger partial charge in [-0.15, -0.1) is 0 Å². The molecular formula is C28H39N3O2S. The number of amides is 2. The maximum atomic E-state index is 12.7. The van der Waals surface area contributed by atoms with Gasteiger partial charge < -0.3 is 15.1 Å². The van der Waals surface area contributed by atoms with Gasteiger partial charge >= 0.3 is 0 Å². The van der Waals surface area contributed by atoms with Crippen LogP contribution >= 0.6 is 12.6 Å². The SMILES string of the molecule is CCC(=O)N(c1ccccc1)C1CCN(CCc2ccc(CCCNC(=O)CCS)cc2)CC1. The third-order valence-electron chi connectivity index (χ3n) is 6.57. The quantitative estimate of drug-likeness (QED) is 0.347. The van der Waals surface area contributed by atoms with Crippen molar-refractivity contribution >= 4 is 30.1 Å². The van der Waals surface area contributed by atoms with E-state index in [1.807, 2.05) is 42.2 Å². The lowest BCUT2D eigenvalue weighted by Gasteiger charge is -2.38. The summed E-state index contributed by atoms with van der Waals surface area (Å²) in [5, 5.41) is 2.94. The molecule has 1 saturated heterocycles. The molecule has 2 aromatic rings. The van der Waals surface area contributed by atoms with Crippen molar-refractivity contribution in [3.05, 3.63) is 65.7 Å². The number of rotatable bonds is 12. The Bertz CT molecular complexity index is 880. The Hall–Kier alpha value is -2.31. The Labute approximate surface area is 210 Å². The van der Waals surface area contributed by atoms with Gasteiger partial charge in [0.1, 0.15) is 0 Å². The highest BCUT2D eigenvalue weighted by Crippen LogP contribution is 2.24. The molecule has 0 spiro atoms. The molecule has 0 bridgehead atoms. The van der Waals surface area contributed by atoms with E-state index < -0.39 is 0 Å².